The van der Waals surface area contributed by atoms with Crippen LogP contribution in [-0.2, 0) is 12.8 Å². The molecule has 3 aromatic carbocycles. The second kappa shape index (κ2) is 10.6. The lowest BCUT2D eigenvalue weighted by atomic mass is 9.86. The van der Waals surface area contributed by atoms with E-state index in [-0.39, 0.29) is 6.67 Å². The van der Waals surface area contributed by atoms with Crippen LogP contribution in [0.5, 0.6) is 0 Å². The van der Waals surface area contributed by atoms with E-state index < -0.39 is 0 Å². The standard InChI is InChI=1S/C30H30Cl2FN/c31-28-14-13-25(18-29(28)32)27-8-3-6-23-5-1-2-7-26(23)30(27)24-11-9-21(10-12-24)17-22-19-34(20-22)16-4-15-33/h1-2,5,7,9-14,18,22H,3-4,6,8,15-17,19-20H2. The normalized spacial score (nSPS) is 16.8. The van der Waals surface area contributed by atoms with Crippen molar-refractivity contribution in [3.05, 3.63) is 105 Å². The second-order valence-corrected chi connectivity index (χ2v) is 10.4. The van der Waals surface area contributed by atoms with E-state index in [0.29, 0.717) is 22.4 Å². The molecular formula is C30H30Cl2FN. The number of hydrogen-bond acceptors (Lipinski definition) is 1. The first-order valence-electron chi connectivity index (χ1n) is 12.3. The van der Waals surface area contributed by atoms with E-state index in [2.05, 4.69) is 59.5 Å². The Labute approximate surface area is 212 Å². The average Bonchev–Trinajstić information content (AvgIpc) is 3.02. The summed E-state index contributed by atoms with van der Waals surface area (Å²) in [5.74, 6) is 0.676. The van der Waals surface area contributed by atoms with Crippen molar-refractivity contribution in [1.29, 1.82) is 0 Å². The molecule has 0 atom stereocenters. The molecule has 0 unspecified atom stereocenters. The molecule has 1 aliphatic heterocycles. The number of aryl methyl sites for hydroxylation is 1. The van der Waals surface area contributed by atoms with Gasteiger partial charge in [-0.1, -0.05) is 77.8 Å². The molecule has 0 N–H and O–H groups in total. The average molecular weight is 494 g/mol. The van der Waals surface area contributed by atoms with Gasteiger partial charge < -0.3 is 4.90 Å². The van der Waals surface area contributed by atoms with Crippen LogP contribution in [0.4, 0.5) is 4.39 Å². The molecule has 1 aliphatic carbocycles. The fraction of sp³-hybridized carbons (Fsp3) is 0.333. The van der Waals surface area contributed by atoms with Gasteiger partial charge in [0.2, 0.25) is 0 Å². The smallest absolute Gasteiger partial charge is 0.0906 e. The van der Waals surface area contributed by atoms with Gasteiger partial charge in [-0.05, 0) is 89.1 Å². The molecule has 1 nitrogen and oxygen atoms in total. The lowest BCUT2D eigenvalue weighted by Gasteiger charge is -2.39. The number of benzene rings is 3. The van der Waals surface area contributed by atoms with Crippen molar-refractivity contribution in [2.24, 2.45) is 5.92 Å². The van der Waals surface area contributed by atoms with Crippen molar-refractivity contribution in [2.75, 3.05) is 26.3 Å². The van der Waals surface area contributed by atoms with Gasteiger partial charge in [-0.15, -0.1) is 0 Å². The Kier molecular flexibility index (Phi) is 7.39. The number of allylic oxidation sites excluding steroid dienone is 1. The Morgan fingerprint density at radius 3 is 2.38 bits per heavy atom. The molecule has 1 fully saturated rings. The summed E-state index contributed by atoms with van der Waals surface area (Å²) in [5.41, 5.74) is 9.12. The SMILES string of the molecule is FCCCN1CC(Cc2ccc(C3=C(c4ccc(Cl)c(Cl)c4)CCCc4ccccc43)cc2)C1. The predicted octanol–water partition coefficient (Wildman–Crippen LogP) is 8.12. The minimum Gasteiger partial charge on any atom is -0.303 e. The number of rotatable bonds is 7. The van der Waals surface area contributed by atoms with E-state index in [1.165, 1.54) is 33.4 Å². The van der Waals surface area contributed by atoms with Crippen LogP contribution < -0.4 is 0 Å². The third kappa shape index (κ3) is 5.10. The van der Waals surface area contributed by atoms with E-state index in [1.807, 2.05) is 12.1 Å². The number of alkyl halides is 1. The van der Waals surface area contributed by atoms with Gasteiger partial charge in [0.1, 0.15) is 0 Å². The summed E-state index contributed by atoms with van der Waals surface area (Å²) in [6.45, 7) is 2.84. The third-order valence-electron chi connectivity index (χ3n) is 7.14. The summed E-state index contributed by atoms with van der Waals surface area (Å²) in [6.07, 6.45) is 4.92. The zero-order valence-electron chi connectivity index (χ0n) is 19.4. The van der Waals surface area contributed by atoms with Crippen LogP contribution in [0.1, 0.15) is 47.1 Å². The number of nitrogens with zero attached hydrogens (tertiary/aromatic N) is 1. The minimum atomic E-state index is -0.216. The van der Waals surface area contributed by atoms with Crippen LogP contribution in [0.2, 0.25) is 10.0 Å². The lowest BCUT2D eigenvalue weighted by Crippen LogP contribution is -2.47. The topological polar surface area (TPSA) is 3.24 Å². The first kappa shape index (κ1) is 23.6. The van der Waals surface area contributed by atoms with Gasteiger partial charge in [0.05, 0.1) is 16.7 Å². The van der Waals surface area contributed by atoms with E-state index in [0.717, 1.165) is 50.9 Å². The fourth-order valence-electron chi connectivity index (χ4n) is 5.44. The van der Waals surface area contributed by atoms with Crippen molar-refractivity contribution in [2.45, 2.75) is 32.1 Å². The van der Waals surface area contributed by atoms with E-state index in [4.69, 9.17) is 23.2 Å². The summed E-state index contributed by atoms with van der Waals surface area (Å²) >= 11 is 12.6. The number of halogens is 3. The summed E-state index contributed by atoms with van der Waals surface area (Å²) in [6, 6.07) is 23.9. The molecule has 0 aromatic heterocycles. The molecule has 0 radical (unpaired) electrons. The Morgan fingerprint density at radius 2 is 1.62 bits per heavy atom. The quantitative estimate of drug-likeness (QED) is 0.321. The van der Waals surface area contributed by atoms with Crippen molar-refractivity contribution < 1.29 is 4.39 Å². The fourth-order valence-corrected chi connectivity index (χ4v) is 5.74. The van der Waals surface area contributed by atoms with Crippen LogP contribution in [0.25, 0.3) is 11.1 Å². The molecule has 34 heavy (non-hydrogen) atoms. The molecule has 2 aliphatic rings. The highest BCUT2D eigenvalue weighted by molar-refractivity contribution is 6.42. The Bertz CT molecular complexity index is 1180. The molecule has 4 heteroatoms. The molecule has 5 rings (SSSR count). The van der Waals surface area contributed by atoms with Gasteiger partial charge >= 0.3 is 0 Å². The maximum Gasteiger partial charge on any atom is 0.0906 e. The van der Waals surface area contributed by atoms with E-state index in [9.17, 15) is 4.39 Å². The van der Waals surface area contributed by atoms with Gasteiger partial charge in [-0.2, -0.15) is 0 Å². The monoisotopic (exact) mass is 493 g/mol. The Hall–Kier alpha value is -2.13. The minimum absolute atomic E-state index is 0.216. The van der Waals surface area contributed by atoms with E-state index in [1.54, 1.807) is 0 Å². The number of likely N-dealkylation sites (tertiary alicyclic amines) is 1. The molecule has 0 saturated carbocycles. The molecular weight excluding hydrogens is 464 g/mol. The maximum atomic E-state index is 12.4. The number of fused-ring (bicyclic) bond motifs is 1. The van der Waals surface area contributed by atoms with Crippen molar-refractivity contribution in [3.63, 3.8) is 0 Å². The Balaban J connectivity index is 1.46. The van der Waals surface area contributed by atoms with Crippen LogP contribution in [0.3, 0.4) is 0 Å². The highest BCUT2D eigenvalue weighted by Crippen LogP contribution is 2.41. The summed E-state index contributed by atoms with van der Waals surface area (Å²) in [7, 11) is 0. The highest BCUT2D eigenvalue weighted by Gasteiger charge is 2.26. The van der Waals surface area contributed by atoms with Crippen molar-refractivity contribution in [1.82, 2.24) is 4.90 Å². The maximum absolute atomic E-state index is 12.4. The van der Waals surface area contributed by atoms with Gasteiger partial charge in [0.25, 0.3) is 0 Å². The molecule has 0 amide bonds. The first-order chi connectivity index (χ1) is 16.6. The molecule has 0 bridgehead atoms. The predicted molar refractivity (Wildman–Crippen MR) is 142 cm³/mol. The summed E-state index contributed by atoms with van der Waals surface area (Å²) in [5, 5.41) is 1.19. The van der Waals surface area contributed by atoms with E-state index >= 15 is 0 Å². The summed E-state index contributed by atoms with van der Waals surface area (Å²) in [4.78, 5) is 2.36. The second-order valence-electron chi connectivity index (χ2n) is 9.56. The number of hydrogen-bond donors (Lipinski definition) is 0. The first-order valence-corrected chi connectivity index (χ1v) is 13.0. The zero-order valence-corrected chi connectivity index (χ0v) is 20.9. The molecule has 1 saturated heterocycles. The molecule has 0 spiro atoms. The van der Waals surface area contributed by atoms with Crippen LogP contribution in [0.15, 0.2) is 66.7 Å². The van der Waals surface area contributed by atoms with Crippen LogP contribution in [-0.4, -0.2) is 31.2 Å². The van der Waals surface area contributed by atoms with Gasteiger partial charge in [-0.25, -0.2) is 0 Å². The molecule has 1 heterocycles. The third-order valence-corrected chi connectivity index (χ3v) is 7.88. The van der Waals surface area contributed by atoms with Gasteiger partial charge in [0.15, 0.2) is 0 Å². The molecule has 3 aromatic rings. The van der Waals surface area contributed by atoms with Crippen LogP contribution >= 0.6 is 23.2 Å². The lowest BCUT2D eigenvalue weighted by molar-refractivity contribution is 0.0968. The van der Waals surface area contributed by atoms with Crippen LogP contribution in [0, 0.1) is 5.92 Å². The highest BCUT2D eigenvalue weighted by atomic mass is 35.5. The van der Waals surface area contributed by atoms with Crippen molar-refractivity contribution >= 4 is 34.3 Å². The summed E-state index contributed by atoms with van der Waals surface area (Å²) < 4.78 is 12.4. The zero-order chi connectivity index (χ0) is 23.5. The Morgan fingerprint density at radius 1 is 0.853 bits per heavy atom. The van der Waals surface area contributed by atoms with Gasteiger partial charge in [-0.3, -0.25) is 4.39 Å². The largest absolute Gasteiger partial charge is 0.303 e. The van der Waals surface area contributed by atoms with Crippen molar-refractivity contribution in [3.8, 4) is 0 Å². The van der Waals surface area contributed by atoms with Gasteiger partial charge in [0, 0.05) is 19.6 Å². The molecule has 176 valence electrons.